The second kappa shape index (κ2) is 13.4. The fraction of sp³-hybridized carbons (Fsp3) is 0.119. The number of nitrogens with zero attached hydrogens (tertiary/aromatic N) is 6. The zero-order chi connectivity index (χ0) is 35.0. The molecule has 9 heteroatoms. The van der Waals surface area contributed by atoms with Gasteiger partial charge in [0.25, 0.3) is 0 Å². The lowest BCUT2D eigenvalue weighted by molar-refractivity contribution is 0.111. The molecule has 0 amide bonds. The Hall–Kier alpha value is -5.93. The zero-order valence-corrected chi connectivity index (χ0v) is 29.7. The number of hydrogen-bond acceptors (Lipinski definition) is 6. The monoisotopic (exact) mass is 732 g/mol. The van der Waals surface area contributed by atoms with Crippen molar-refractivity contribution in [3.63, 3.8) is 0 Å². The van der Waals surface area contributed by atoms with Crippen LogP contribution in [0.4, 0.5) is 0 Å². The van der Waals surface area contributed by atoms with Gasteiger partial charge in [-0.25, -0.2) is 4.98 Å². The van der Waals surface area contributed by atoms with Gasteiger partial charge in [-0.2, -0.15) is 0 Å². The number of tetrazole rings is 1. The first kappa shape index (κ1) is 32.3. The summed E-state index contributed by atoms with van der Waals surface area (Å²) in [6.45, 7) is 4.37. The summed E-state index contributed by atoms with van der Waals surface area (Å²) in [6, 6.07) is 41.0. The predicted octanol–water partition coefficient (Wildman–Crippen LogP) is 9.24. The summed E-state index contributed by atoms with van der Waals surface area (Å²) in [5.41, 5.74) is 9.04. The van der Waals surface area contributed by atoms with Crippen molar-refractivity contribution in [2.24, 2.45) is 0 Å². The van der Waals surface area contributed by atoms with Crippen molar-refractivity contribution in [2.45, 2.75) is 32.4 Å². The fourth-order valence-electron chi connectivity index (χ4n) is 7.29. The molecule has 0 atom stereocenters. The molecule has 51 heavy (non-hydrogen) atoms. The first-order chi connectivity index (χ1) is 25.1. The third-order valence-corrected chi connectivity index (χ3v) is 10.4. The summed E-state index contributed by atoms with van der Waals surface area (Å²) in [5, 5.41) is 14.8. The van der Waals surface area contributed by atoms with Gasteiger partial charge in [-0.15, -0.1) is 15.0 Å². The summed E-state index contributed by atoms with van der Waals surface area (Å²) in [5.74, 6) is 1.33. The lowest BCUT2D eigenvalue weighted by Gasteiger charge is -2.34. The van der Waals surface area contributed by atoms with Crippen molar-refractivity contribution < 1.29 is 9.21 Å². The lowest BCUT2D eigenvalue weighted by Crippen LogP contribution is -2.39. The maximum Gasteiger partial charge on any atom is 0.205 e. The molecule has 4 aromatic carbocycles. The number of fused-ring (bicyclic) bond motifs is 1. The van der Waals surface area contributed by atoms with Crippen LogP contribution in [0.5, 0.6) is 0 Å². The molecule has 0 saturated carbocycles. The van der Waals surface area contributed by atoms with Gasteiger partial charge in [0.15, 0.2) is 11.8 Å². The molecule has 1 aliphatic carbocycles. The first-order valence-electron chi connectivity index (χ1n) is 16.8. The molecule has 2 aromatic heterocycles. The maximum atomic E-state index is 12.3. The van der Waals surface area contributed by atoms with E-state index in [9.17, 15) is 4.79 Å². The highest BCUT2D eigenvalue weighted by molar-refractivity contribution is 9.10. The maximum absolute atomic E-state index is 12.3. The minimum absolute atomic E-state index is 0.438. The van der Waals surface area contributed by atoms with E-state index < -0.39 is 5.54 Å². The lowest BCUT2D eigenvalue weighted by atomic mass is 9.77. The topological polar surface area (TPSA) is 91.6 Å². The van der Waals surface area contributed by atoms with Crippen LogP contribution in [-0.2, 0) is 18.5 Å². The first-order valence-corrected chi connectivity index (χ1v) is 17.6. The Bertz CT molecular complexity index is 2340. The van der Waals surface area contributed by atoms with Crippen molar-refractivity contribution in [1.82, 2.24) is 29.8 Å². The molecule has 6 aromatic rings. The number of imidazole rings is 1. The third kappa shape index (κ3) is 5.32. The van der Waals surface area contributed by atoms with Gasteiger partial charge in [0.1, 0.15) is 11.5 Å². The second-order valence-corrected chi connectivity index (χ2v) is 13.2. The molecule has 2 aliphatic rings. The van der Waals surface area contributed by atoms with Crippen molar-refractivity contribution >= 4 is 22.2 Å². The summed E-state index contributed by atoms with van der Waals surface area (Å²) in [7, 11) is 0. The molecule has 0 unspecified atom stereocenters. The van der Waals surface area contributed by atoms with E-state index in [0.29, 0.717) is 30.2 Å². The second-order valence-electron chi connectivity index (χ2n) is 12.4. The van der Waals surface area contributed by atoms with E-state index in [2.05, 4.69) is 65.3 Å². The van der Waals surface area contributed by atoms with Crippen molar-refractivity contribution in [1.29, 1.82) is 0 Å². The molecule has 3 heterocycles. The van der Waals surface area contributed by atoms with Crippen LogP contribution in [0.25, 0.3) is 33.6 Å². The van der Waals surface area contributed by atoms with E-state index in [1.54, 1.807) is 17.3 Å². The molecule has 0 N–H and O–H groups in total. The molecule has 8 rings (SSSR count). The molecular weight excluding hydrogens is 700 g/mol. The fourth-order valence-corrected chi connectivity index (χ4v) is 8.05. The molecular formula is C42H33BrN6O2. The number of aryl methyl sites for hydroxylation is 2. The highest BCUT2D eigenvalue weighted by Crippen LogP contribution is 2.49. The largest absolute Gasteiger partial charge is 0.472 e. The quantitative estimate of drug-likeness (QED) is 0.103. The van der Waals surface area contributed by atoms with Gasteiger partial charge >= 0.3 is 0 Å². The van der Waals surface area contributed by atoms with Crippen LogP contribution in [0, 0.1) is 6.92 Å². The van der Waals surface area contributed by atoms with Crippen LogP contribution in [0.2, 0.25) is 0 Å². The highest BCUT2D eigenvalue weighted by atomic mass is 79.9. The predicted molar refractivity (Wildman–Crippen MR) is 201 cm³/mol. The van der Waals surface area contributed by atoms with E-state index in [1.165, 1.54) is 0 Å². The molecule has 0 bridgehead atoms. The van der Waals surface area contributed by atoms with E-state index in [-0.39, 0.29) is 0 Å². The van der Waals surface area contributed by atoms with E-state index in [0.717, 1.165) is 66.7 Å². The molecule has 1 aliphatic heterocycles. The minimum Gasteiger partial charge on any atom is -0.472 e. The average molecular weight is 734 g/mol. The number of carbonyl (C=O) groups excluding carboxylic acids is 1. The van der Waals surface area contributed by atoms with Crippen molar-refractivity contribution in [2.75, 3.05) is 0 Å². The Morgan fingerprint density at radius 1 is 0.765 bits per heavy atom. The van der Waals surface area contributed by atoms with Crippen LogP contribution in [0.3, 0.4) is 0 Å². The smallest absolute Gasteiger partial charge is 0.205 e. The van der Waals surface area contributed by atoms with Crippen LogP contribution < -0.4 is 0 Å². The summed E-state index contributed by atoms with van der Waals surface area (Å²) in [4.78, 5) is 18.8. The van der Waals surface area contributed by atoms with Crippen molar-refractivity contribution in [3.05, 3.63) is 178 Å². The van der Waals surface area contributed by atoms with Gasteiger partial charge in [0.05, 0.1) is 24.8 Å². The average Bonchev–Trinajstić information content (AvgIpc) is 3.87. The van der Waals surface area contributed by atoms with Gasteiger partial charge < -0.3 is 8.98 Å². The van der Waals surface area contributed by atoms with Gasteiger partial charge in [-0.1, -0.05) is 122 Å². The molecule has 8 nitrogen and oxygen atoms in total. The number of halogens is 1. The van der Waals surface area contributed by atoms with E-state index >= 15 is 0 Å². The van der Waals surface area contributed by atoms with Crippen molar-refractivity contribution in [3.8, 4) is 33.6 Å². The standard InChI is InChI=1S/C42H33BrN6O2/c1-3-38-44-28(2)37(26-50)48(38)25-35-32-23-24-51-27-36(32)40(43)39(35)33-21-13-14-22-34(33)41-45-47-49(46-41)42(29-15-7-4-8-16-29,30-17-9-5-10-18-30)31-19-11-6-12-20-31/h4-24,26-27H,3,25H2,1-2H3. The number of aromatic nitrogens is 6. The van der Waals surface area contributed by atoms with Crippen LogP contribution >= 0.6 is 15.9 Å². The Balaban J connectivity index is 1.35. The van der Waals surface area contributed by atoms with E-state index in [4.69, 9.17) is 24.8 Å². The number of aldehydes is 1. The zero-order valence-electron chi connectivity index (χ0n) is 28.1. The molecule has 250 valence electrons. The van der Waals surface area contributed by atoms with E-state index in [1.807, 2.05) is 90.4 Å². The minimum atomic E-state index is -0.909. The number of hydrogen-bond donors (Lipinski definition) is 0. The van der Waals surface area contributed by atoms with Crippen LogP contribution in [0.15, 0.2) is 143 Å². The number of benzene rings is 4. The third-order valence-electron chi connectivity index (χ3n) is 9.61. The van der Waals surface area contributed by atoms with Crippen LogP contribution in [-0.4, -0.2) is 36.0 Å². The Morgan fingerprint density at radius 2 is 1.35 bits per heavy atom. The summed E-state index contributed by atoms with van der Waals surface area (Å²) in [6.07, 6.45) is 5.01. The van der Waals surface area contributed by atoms with Gasteiger partial charge in [-0.3, -0.25) is 4.79 Å². The number of rotatable bonds is 10. The Morgan fingerprint density at radius 3 is 1.94 bits per heavy atom. The molecule has 0 spiro atoms. The molecule has 0 fully saturated rings. The Kier molecular flexibility index (Phi) is 8.49. The summed E-state index contributed by atoms with van der Waals surface area (Å²) >= 11 is 3.95. The Labute approximate surface area is 303 Å². The highest BCUT2D eigenvalue weighted by Gasteiger charge is 2.41. The normalized spacial score (nSPS) is 11.7. The van der Waals surface area contributed by atoms with Crippen LogP contribution in [0.1, 0.15) is 51.2 Å². The molecule has 0 radical (unpaired) electrons. The van der Waals surface area contributed by atoms with Gasteiger partial charge in [0, 0.05) is 27.6 Å². The SMILES string of the molecule is CCc1nc(C)c(C=O)n1Cc1c2ccocc-2c(Br)c1-c1ccccc1-c1nnn(C(c2ccccc2)(c2ccccc2)c2ccccc2)n1. The number of carbonyl (C=O) groups is 1. The summed E-state index contributed by atoms with van der Waals surface area (Å²) < 4.78 is 8.56. The van der Waals surface area contributed by atoms with Gasteiger partial charge in [-0.05, 0) is 67.5 Å². The van der Waals surface area contributed by atoms with Gasteiger partial charge in [0.2, 0.25) is 5.82 Å². The molecule has 0 saturated heterocycles.